The van der Waals surface area contributed by atoms with Crippen molar-refractivity contribution in [1.82, 2.24) is 10.3 Å². The van der Waals surface area contributed by atoms with Crippen molar-refractivity contribution in [3.63, 3.8) is 0 Å². The van der Waals surface area contributed by atoms with Crippen molar-refractivity contribution < 1.29 is 18.0 Å². The van der Waals surface area contributed by atoms with E-state index in [1.54, 1.807) is 17.5 Å². The Morgan fingerprint density at radius 2 is 1.89 bits per heavy atom. The average Bonchev–Trinajstić information content (AvgIpc) is 3.07. The molecule has 3 aromatic rings. The fourth-order valence-electron chi connectivity index (χ4n) is 2.37. The summed E-state index contributed by atoms with van der Waals surface area (Å²) < 4.78 is 38.3. The van der Waals surface area contributed by atoms with Crippen molar-refractivity contribution in [1.29, 1.82) is 0 Å². The zero-order valence-corrected chi connectivity index (χ0v) is 16.0. The summed E-state index contributed by atoms with van der Waals surface area (Å²) >= 11 is 7.03. The summed E-state index contributed by atoms with van der Waals surface area (Å²) in [7, 11) is 0. The Hall–Kier alpha value is -2.58. The second kappa shape index (κ2) is 8.62. The number of amides is 1. The first-order chi connectivity index (χ1) is 13.3. The zero-order valence-electron chi connectivity index (χ0n) is 14.4. The van der Waals surface area contributed by atoms with Gasteiger partial charge in [0.1, 0.15) is 0 Å². The number of anilines is 2. The Labute approximate surface area is 168 Å². The number of nitrogens with one attached hydrogen (secondary N) is 2. The Morgan fingerprint density at radius 1 is 1.14 bits per heavy atom. The summed E-state index contributed by atoms with van der Waals surface area (Å²) in [5, 5.41) is 8.36. The normalized spacial score (nSPS) is 11.3. The number of alkyl halides is 3. The molecule has 1 heterocycles. The van der Waals surface area contributed by atoms with Crippen molar-refractivity contribution in [2.24, 2.45) is 0 Å². The molecule has 2 N–H and O–H groups in total. The lowest BCUT2D eigenvalue weighted by molar-refractivity contribution is -0.137. The molecule has 9 heteroatoms. The molecule has 0 unspecified atom stereocenters. The van der Waals surface area contributed by atoms with Crippen LogP contribution in [0.4, 0.5) is 24.0 Å². The smallest absolute Gasteiger partial charge is 0.352 e. The van der Waals surface area contributed by atoms with E-state index in [0.29, 0.717) is 22.4 Å². The Balaban J connectivity index is 1.55. The van der Waals surface area contributed by atoms with Gasteiger partial charge in [-0.05, 0) is 35.9 Å². The van der Waals surface area contributed by atoms with E-state index >= 15 is 0 Å². The third-order valence-corrected chi connectivity index (χ3v) is 4.80. The molecule has 0 fully saturated rings. The van der Waals surface area contributed by atoms with Crippen LogP contribution in [0.1, 0.15) is 16.8 Å². The van der Waals surface area contributed by atoms with Crippen molar-refractivity contribution in [2.45, 2.75) is 19.1 Å². The van der Waals surface area contributed by atoms with Crippen LogP contribution in [-0.4, -0.2) is 10.9 Å². The van der Waals surface area contributed by atoms with Gasteiger partial charge in [0.2, 0.25) is 5.91 Å². The lowest BCUT2D eigenvalue weighted by Gasteiger charge is -2.09. The topological polar surface area (TPSA) is 54.0 Å². The molecule has 28 heavy (non-hydrogen) atoms. The van der Waals surface area contributed by atoms with E-state index in [9.17, 15) is 18.0 Å². The van der Waals surface area contributed by atoms with Crippen molar-refractivity contribution >= 4 is 39.7 Å². The van der Waals surface area contributed by atoms with Crippen LogP contribution in [0.5, 0.6) is 0 Å². The predicted octanol–water partition coefficient (Wildman–Crippen LogP) is 5.42. The molecule has 0 aliphatic heterocycles. The van der Waals surface area contributed by atoms with Gasteiger partial charge in [0.15, 0.2) is 5.13 Å². The van der Waals surface area contributed by atoms with Crippen molar-refractivity contribution in [3.05, 3.63) is 75.8 Å². The quantitative estimate of drug-likeness (QED) is 0.554. The van der Waals surface area contributed by atoms with Crippen LogP contribution < -0.4 is 10.6 Å². The maximum Gasteiger partial charge on any atom is 0.416 e. The SMILES string of the molecule is O=C(Cc1csc(Nc2cccc(C(F)(F)F)c2)n1)NCc1ccc(Cl)cc1. The first-order valence-electron chi connectivity index (χ1n) is 8.19. The molecule has 0 saturated heterocycles. The van der Waals surface area contributed by atoms with Crippen LogP contribution in [-0.2, 0) is 23.9 Å². The van der Waals surface area contributed by atoms with Gasteiger partial charge in [-0.1, -0.05) is 29.8 Å². The predicted molar refractivity (Wildman–Crippen MR) is 104 cm³/mol. The molecular weight excluding hydrogens is 411 g/mol. The third-order valence-electron chi connectivity index (χ3n) is 3.74. The molecular formula is C19H15ClF3N3OS. The van der Waals surface area contributed by atoms with Crippen LogP contribution in [0.15, 0.2) is 53.9 Å². The molecule has 0 spiro atoms. The Bertz CT molecular complexity index is 958. The van der Waals surface area contributed by atoms with E-state index in [1.807, 2.05) is 12.1 Å². The molecule has 0 saturated carbocycles. The summed E-state index contributed by atoms with van der Waals surface area (Å²) in [5.74, 6) is -0.203. The fraction of sp³-hybridized carbons (Fsp3) is 0.158. The molecule has 0 atom stereocenters. The largest absolute Gasteiger partial charge is 0.416 e. The number of thiazole rings is 1. The fourth-order valence-corrected chi connectivity index (χ4v) is 3.23. The number of benzene rings is 2. The van der Waals surface area contributed by atoms with Crippen molar-refractivity contribution in [3.8, 4) is 0 Å². The molecule has 2 aromatic carbocycles. The number of carbonyl (C=O) groups is 1. The molecule has 1 aromatic heterocycles. The number of nitrogens with zero attached hydrogens (tertiary/aromatic N) is 1. The molecule has 1 amide bonds. The van der Waals surface area contributed by atoms with E-state index in [2.05, 4.69) is 15.6 Å². The van der Waals surface area contributed by atoms with Gasteiger partial charge in [0.05, 0.1) is 17.7 Å². The highest BCUT2D eigenvalue weighted by Crippen LogP contribution is 2.31. The van der Waals surface area contributed by atoms with Gasteiger partial charge in [-0.25, -0.2) is 4.98 Å². The first kappa shape index (κ1) is 20.2. The molecule has 0 aliphatic carbocycles. The van der Waals surface area contributed by atoms with Crippen LogP contribution >= 0.6 is 22.9 Å². The second-order valence-electron chi connectivity index (χ2n) is 5.93. The maximum absolute atomic E-state index is 12.8. The lowest BCUT2D eigenvalue weighted by Crippen LogP contribution is -2.24. The van der Waals surface area contributed by atoms with E-state index in [4.69, 9.17) is 11.6 Å². The van der Waals surface area contributed by atoms with Crippen LogP contribution in [0, 0.1) is 0 Å². The molecule has 0 radical (unpaired) electrons. The highest BCUT2D eigenvalue weighted by Gasteiger charge is 2.30. The van der Waals surface area contributed by atoms with Gasteiger partial charge in [0, 0.05) is 22.6 Å². The number of rotatable bonds is 6. The minimum Gasteiger partial charge on any atom is -0.352 e. The van der Waals surface area contributed by atoms with E-state index in [-0.39, 0.29) is 18.0 Å². The standard InChI is InChI=1S/C19H15ClF3N3OS/c20-14-6-4-12(5-7-14)10-24-17(27)9-16-11-28-18(26-16)25-15-3-1-2-13(8-15)19(21,22)23/h1-8,11H,9-10H2,(H,24,27)(H,25,26). The Kier molecular flexibility index (Phi) is 6.21. The highest BCUT2D eigenvalue weighted by molar-refractivity contribution is 7.13. The summed E-state index contributed by atoms with van der Waals surface area (Å²) in [6.45, 7) is 0.371. The van der Waals surface area contributed by atoms with E-state index in [0.717, 1.165) is 17.7 Å². The number of halogens is 4. The monoisotopic (exact) mass is 425 g/mol. The van der Waals surface area contributed by atoms with Gasteiger partial charge in [0.25, 0.3) is 0 Å². The molecule has 0 bridgehead atoms. The molecule has 4 nitrogen and oxygen atoms in total. The summed E-state index contributed by atoms with van der Waals surface area (Å²) in [4.78, 5) is 16.3. The van der Waals surface area contributed by atoms with Gasteiger partial charge < -0.3 is 10.6 Å². The number of aromatic nitrogens is 1. The van der Waals surface area contributed by atoms with Gasteiger partial charge in [-0.3, -0.25) is 4.79 Å². The third kappa shape index (κ3) is 5.71. The summed E-state index contributed by atoms with van der Waals surface area (Å²) in [5.41, 5.74) is 0.995. The average molecular weight is 426 g/mol. The summed E-state index contributed by atoms with van der Waals surface area (Å²) in [6, 6.07) is 12.0. The number of hydrogen-bond donors (Lipinski definition) is 2. The second-order valence-corrected chi connectivity index (χ2v) is 7.22. The molecule has 146 valence electrons. The van der Waals surface area contributed by atoms with E-state index < -0.39 is 11.7 Å². The summed E-state index contributed by atoms with van der Waals surface area (Å²) in [6.07, 6.45) is -4.33. The van der Waals surface area contributed by atoms with Crippen LogP contribution in [0.25, 0.3) is 0 Å². The number of hydrogen-bond acceptors (Lipinski definition) is 4. The Morgan fingerprint density at radius 3 is 2.61 bits per heavy atom. The molecule has 0 aliphatic rings. The van der Waals surface area contributed by atoms with Gasteiger partial charge in [-0.2, -0.15) is 13.2 Å². The molecule has 3 rings (SSSR count). The highest BCUT2D eigenvalue weighted by atomic mass is 35.5. The van der Waals surface area contributed by atoms with Gasteiger partial charge in [-0.15, -0.1) is 11.3 Å². The maximum atomic E-state index is 12.8. The lowest BCUT2D eigenvalue weighted by atomic mass is 10.2. The minimum absolute atomic E-state index is 0.0777. The van der Waals surface area contributed by atoms with E-state index in [1.165, 1.54) is 23.5 Å². The van der Waals surface area contributed by atoms with Crippen LogP contribution in [0.3, 0.4) is 0 Å². The van der Waals surface area contributed by atoms with Crippen LogP contribution in [0.2, 0.25) is 5.02 Å². The zero-order chi connectivity index (χ0) is 20.1. The van der Waals surface area contributed by atoms with Crippen molar-refractivity contribution in [2.75, 3.05) is 5.32 Å². The minimum atomic E-state index is -4.41. The first-order valence-corrected chi connectivity index (χ1v) is 9.45. The number of carbonyl (C=O) groups excluding carboxylic acids is 1. The van der Waals surface area contributed by atoms with Gasteiger partial charge >= 0.3 is 6.18 Å².